The molecule has 4 heteroatoms. The largest absolute Gasteiger partial charge is 0.356 e. The number of unbranched alkanes of at least 4 members (excludes halogenated alkanes) is 1. The topological polar surface area (TPSA) is 29.1 Å². The van der Waals surface area contributed by atoms with Crippen molar-refractivity contribution in [2.45, 2.75) is 19.3 Å². The van der Waals surface area contributed by atoms with Crippen molar-refractivity contribution < 1.29 is 4.79 Å². The van der Waals surface area contributed by atoms with Gasteiger partial charge in [0.15, 0.2) is 0 Å². The van der Waals surface area contributed by atoms with Crippen LogP contribution in [-0.4, -0.2) is 29.8 Å². The van der Waals surface area contributed by atoms with Crippen LogP contribution >= 0.6 is 27.7 Å². The molecule has 72 valence electrons. The van der Waals surface area contributed by atoms with Gasteiger partial charge in [-0.3, -0.25) is 4.79 Å². The molecule has 12 heavy (non-hydrogen) atoms. The Morgan fingerprint density at radius 2 is 2.25 bits per heavy atom. The van der Waals surface area contributed by atoms with E-state index in [9.17, 15) is 4.79 Å². The number of carbonyl (C=O) groups excluding carboxylic acids is 1. The van der Waals surface area contributed by atoms with Gasteiger partial charge in [0, 0.05) is 24.0 Å². The summed E-state index contributed by atoms with van der Waals surface area (Å²) in [5.41, 5.74) is 0. The van der Waals surface area contributed by atoms with Crippen LogP contribution in [0.15, 0.2) is 0 Å². The fraction of sp³-hybridized carbons (Fsp3) is 0.875. The quantitative estimate of drug-likeness (QED) is 0.556. The minimum atomic E-state index is 0.180. The maximum atomic E-state index is 11.0. The highest BCUT2D eigenvalue weighted by molar-refractivity contribution is 9.09. The molecule has 0 rings (SSSR count). The fourth-order valence-electron chi connectivity index (χ4n) is 0.730. The van der Waals surface area contributed by atoms with Gasteiger partial charge in [-0.1, -0.05) is 15.9 Å². The predicted molar refractivity (Wildman–Crippen MR) is 59.0 cm³/mol. The van der Waals surface area contributed by atoms with Crippen molar-refractivity contribution in [1.29, 1.82) is 0 Å². The van der Waals surface area contributed by atoms with Crippen LogP contribution < -0.4 is 5.32 Å². The standard InChI is InChI=1S/C8H16BrNOS/c1-12-7-4-8(11)10-6-3-2-5-9/h2-7H2,1H3,(H,10,11). The van der Waals surface area contributed by atoms with Gasteiger partial charge in [0.05, 0.1) is 0 Å². The minimum absolute atomic E-state index is 0.180. The van der Waals surface area contributed by atoms with Crippen molar-refractivity contribution in [1.82, 2.24) is 5.32 Å². The van der Waals surface area contributed by atoms with Crippen molar-refractivity contribution in [3.63, 3.8) is 0 Å². The van der Waals surface area contributed by atoms with Crippen LogP contribution in [0.4, 0.5) is 0 Å². The van der Waals surface area contributed by atoms with Crippen LogP contribution in [0, 0.1) is 0 Å². The average molecular weight is 254 g/mol. The van der Waals surface area contributed by atoms with E-state index in [0.717, 1.165) is 30.5 Å². The Labute approximate surface area is 87.0 Å². The summed E-state index contributed by atoms with van der Waals surface area (Å²) in [7, 11) is 0. The monoisotopic (exact) mass is 253 g/mol. The first-order chi connectivity index (χ1) is 5.81. The normalized spacial score (nSPS) is 9.83. The summed E-state index contributed by atoms with van der Waals surface area (Å²) in [4.78, 5) is 11.0. The molecule has 1 amide bonds. The zero-order chi connectivity index (χ0) is 9.23. The van der Waals surface area contributed by atoms with E-state index in [1.807, 2.05) is 6.26 Å². The third-order valence-corrected chi connectivity index (χ3v) is 2.59. The lowest BCUT2D eigenvalue weighted by molar-refractivity contribution is -0.120. The molecule has 0 saturated carbocycles. The number of amides is 1. The number of alkyl halides is 1. The van der Waals surface area contributed by atoms with Gasteiger partial charge in [-0.2, -0.15) is 11.8 Å². The molecule has 1 N–H and O–H groups in total. The molecular formula is C8H16BrNOS. The summed E-state index contributed by atoms with van der Waals surface area (Å²) >= 11 is 5.05. The Morgan fingerprint density at radius 1 is 1.50 bits per heavy atom. The van der Waals surface area contributed by atoms with Gasteiger partial charge >= 0.3 is 0 Å². The Bertz CT molecular complexity index is 122. The number of carbonyl (C=O) groups is 1. The van der Waals surface area contributed by atoms with Crippen molar-refractivity contribution >= 4 is 33.6 Å². The van der Waals surface area contributed by atoms with Gasteiger partial charge < -0.3 is 5.32 Å². The number of hydrogen-bond acceptors (Lipinski definition) is 2. The zero-order valence-corrected chi connectivity index (χ0v) is 9.84. The summed E-state index contributed by atoms with van der Waals surface area (Å²) in [5, 5.41) is 3.90. The molecule has 2 nitrogen and oxygen atoms in total. The SMILES string of the molecule is CSCCC(=O)NCCCCBr. The Kier molecular flexibility index (Phi) is 9.62. The van der Waals surface area contributed by atoms with Gasteiger partial charge in [-0.15, -0.1) is 0 Å². The molecule has 0 saturated heterocycles. The van der Waals surface area contributed by atoms with E-state index in [1.54, 1.807) is 11.8 Å². The maximum Gasteiger partial charge on any atom is 0.220 e. The molecule has 0 aromatic rings. The Morgan fingerprint density at radius 3 is 2.83 bits per heavy atom. The Balaban J connectivity index is 3.08. The van der Waals surface area contributed by atoms with Crippen molar-refractivity contribution in [3.8, 4) is 0 Å². The van der Waals surface area contributed by atoms with Gasteiger partial charge in [0.1, 0.15) is 0 Å². The van der Waals surface area contributed by atoms with E-state index in [4.69, 9.17) is 0 Å². The second kappa shape index (κ2) is 9.39. The van der Waals surface area contributed by atoms with Gasteiger partial charge in [0.25, 0.3) is 0 Å². The third kappa shape index (κ3) is 8.40. The molecule has 0 aromatic heterocycles. The molecule has 0 aliphatic heterocycles. The molecule has 0 spiro atoms. The van der Waals surface area contributed by atoms with Crippen molar-refractivity contribution in [2.24, 2.45) is 0 Å². The molecule has 0 radical (unpaired) electrons. The van der Waals surface area contributed by atoms with Crippen LogP contribution in [0.2, 0.25) is 0 Å². The second-order valence-electron chi connectivity index (χ2n) is 2.49. The van der Waals surface area contributed by atoms with Crippen LogP contribution in [-0.2, 0) is 4.79 Å². The first-order valence-electron chi connectivity index (χ1n) is 4.13. The molecule has 0 aromatic carbocycles. The first-order valence-corrected chi connectivity index (χ1v) is 6.64. The van der Waals surface area contributed by atoms with Crippen LogP contribution in [0.1, 0.15) is 19.3 Å². The minimum Gasteiger partial charge on any atom is -0.356 e. The van der Waals surface area contributed by atoms with Crippen molar-refractivity contribution in [2.75, 3.05) is 23.9 Å². The van der Waals surface area contributed by atoms with Crippen LogP contribution in [0.5, 0.6) is 0 Å². The summed E-state index contributed by atoms with van der Waals surface area (Å²) in [5.74, 6) is 1.10. The van der Waals surface area contributed by atoms with E-state index in [1.165, 1.54) is 0 Å². The summed E-state index contributed by atoms with van der Waals surface area (Å²) in [6, 6.07) is 0. The lowest BCUT2D eigenvalue weighted by atomic mass is 10.3. The molecular weight excluding hydrogens is 238 g/mol. The number of nitrogens with one attached hydrogen (secondary N) is 1. The van der Waals surface area contributed by atoms with Gasteiger partial charge in [0.2, 0.25) is 5.91 Å². The predicted octanol–water partition coefficient (Wildman–Crippen LogP) is 2.03. The molecule has 0 fully saturated rings. The van der Waals surface area contributed by atoms with E-state index in [2.05, 4.69) is 21.2 Å². The van der Waals surface area contributed by atoms with Crippen LogP contribution in [0.25, 0.3) is 0 Å². The number of halogens is 1. The molecule has 0 unspecified atom stereocenters. The Hall–Kier alpha value is 0.300. The number of rotatable bonds is 7. The summed E-state index contributed by atoms with van der Waals surface area (Å²) in [6.45, 7) is 0.818. The highest BCUT2D eigenvalue weighted by Gasteiger charge is 1.97. The highest BCUT2D eigenvalue weighted by atomic mass is 79.9. The molecule has 0 atom stereocenters. The van der Waals surface area contributed by atoms with E-state index in [0.29, 0.717) is 6.42 Å². The summed E-state index contributed by atoms with van der Waals surface area (Å²) < 4.78 is 0. The number of thioether (sulfide) groups is 1. The third-order valence-electron chi connectivity index (χ3n) is 1.42. The zero-order valence-electron chi connectivity index (χ0n) is 7.44. The molecule has 0 heterocycles. The molecule has 0 aliphatic rings. The van der Waals surface area contributed by atoms with E-state index < -0.39 is 0 Å². The molecule has 0 bridgehead atoms. The lowest BCUT2D eigenvalue weighted by Gasteiger charge is -2.02. The van der Waals surface area contributed by atoms with Crippen LogP contribution in [0.3, 0.4) is 0 Å². The average Bonchev–Trinajstić information content (AvgIpc) is 2.09. The maximum absolute atomic E-state index is 11.0. The lowest BCUT2D eigenvalue weighted by Crippen LogP contribution is -2.24. The highest BCUT2D eigenvalue weighted by Crippen LogP contribution is 1.95. The van der Waals surface area contributed by atoms with Crippen molar-refractivity contribution in [3.05, 3.63) is 0 Å². The van der Waals surface area contributed by atoms with Gasteiger partial charge in [-0.25, -0.2) is 0 Å². The first kappa shape index (κ1) is 12.3. The van der Waals surface area contributed by atoms with Gasteiger partial charge in [-0.05, 0) is 19.1 Å². The fourth-order valence-corrected chi connectivity index (χ4v) is 1.52. The summed E-state index contributed by atoms with van der Waals surface area (Å²) in [6.07, 6.45) is 4.85. The van der Waals surface area contributed by atoms with E-state index >= 15 is 0 Å². The van der Waals surface area contributed by atoms with E-state index in [-0.39, 0.29) is 5.91 Å². The molecule has 0 aliphatic carbocycles. The number of hydrogen-bond donors (Lipinski definition) is 1. The second-order valence-corrected chi connectivity index (χ2v) is 4.27. The smallest absolute Gasteiger partial charge is 0.220 e.